The second-order valence-electron chi connectivity index (χ2n) is 3.89. The number of hydrogen-bond acceptors (Lipinski definition) is 4. The molecule has 1 aliphatic carbocycles. The molecule has 86 valence electrons. The molecule has 0 fully saturated rings. The number of esters is 1. The molecule has 16 heavy (non-hydrogen) atoms. The van der Waals surface area contributed by atoms with Crippen molar-refractivity contribution in [2.45, 2.75) is 19.4 Å². The summed E-state index contributed by atoms with van der Waals surface area (Å²) in [4.78, 5) is 11.6. The molecule has 1 aromatic rings. The van der Waals surface area contributed by atoms with E-state index in [2.05, 4.69) is 0 Å². The van der Waals surface area contributed by atoms with Crippen LogP contribution >= 0.6 is 0 Å². The van der Waals surface area contributed by atoms with E-state index in [0.29, 0.717) is 18.6 Å². The van der Waals surface area contributed by atoms with Crippen molar-refractivity contribution < 1.29 is 19.7 Å². The molecule has 1 aliphatic rings. The van der Waals surface area contributed by atoms with Gasteiger partial charge in [0.05, 0.1) is 18.6 Å². The predicted molar refractivity (Wildman–Crippen MR) is 56.9 cm³/mol. The number of rotatable bonds is 2. The van der Waals surface area contributed by atoms with Gasteiger partial charge in [0.2, 0.25) is 0 Å². The van der Waals surface area contributed by atoms with Crippen LogP contribution < -0.4 is 0 Å². The SMILES string of the molecule is CCOC(=O)[C@@H]1Cc2cc(O)ccc2[C@H]1O. The fourth-order valence-electron chi connectivity index (χ4n) is 2.08. The lowest BCUT2D eigenvalue weighted by Crippen LogP contribution is -2.21. The zero-order valence-corrected chi connectivity index (χ0v) is 9.01. The van der Waals surface area contributed by atoms with Crippen molar-refractivity contribution in [3.63, 3.8) is 0 Å². The molecular weight excluding hydrogens is 208 g/mol. The number of aliphatic hydroxyl groups excluding tert-OH is 1. The summed E-state index contributed by atoms with van der Waals surface area (Å²) in [5.74, 6) is -0.780. The van der Waals surface area contributed by atoms with Crippen LogP contribution in [0.5, 0.6) is 5.75 Å². The molecule has 2 rings (SSSR count). The van der Waals surface area contributed by atoms with Gasteiger partial charge in [0.15, 0.2) is 0 Å². The lowest BCUT2D eigenvalue weighted by molar-refractivity contribution is -0.151. The minimum Gasteiger partial charge on any atom is -0.508 e. The third kappa shape index (κ3) is 1.76. The third-order valence-corrected chi connectivity index (χ3v) is 2.86. The third-order valence-electron chi connectivity index (χ3n) is 2.86. The largest absolute Gasteiger partial charge is 0.508 e. The lowest BCUT2D eigenvalue weighted by atomic mass is 10.0. The topological polar surface area (TPSA) is 66.8 Å². The molecule has 0 bridgehead atoms. The quantitative estimate of drug-likeness (QED) is 0.737. The second-order valence-corrected chi connectivity index (χ2v) is 3.89. The summed E-state index contributed by atoms with van der Waals surface area (Å²) in [5, 5.41) is 19.3. The van der Waals surface area contributed by atoms with Crippen LogP contribution in [0, 0.1) is 5.92 Å². The normalized spacial score (nSPS) is 22.9. The number of carbonyl (C=O) groups is 1. The molecule has 0 aromatic heterocycles. The van der Waals surface area contributed by atoms with Crippen LogP contribution in [-0.2, 0) is 16.0 Å². The van der Waals surface area contributed by atoms with Gasteiger partial charge >= 0.3 is 5.97 Å². The lowest BCUT2D eigenvalue weighted by Gasteiger charge is -2.13. The summed E-state index contributed by atoms with van der Waals surface area (Å²) in [6, 6.07) is 4.74. The molecule has 0 spiro atoms. The first-order chi connectivity index (χ1) is 7.63. The van der Waals surface area contributed by atoms with E-state index in [1.807, 2.05) is 0 Å². The smallest absolute Gasteiger partial charge is 0.312 e. The van der Waals surface area contributed by atoms with E-state index in [1.54, 1.807) is 19.1 Å². The first-order valence-corrected chi connectivity index (χ1v) is 5.30. The Labute approximate surface area is 93.5 Å². The van der Waals surface area contributed by atoms with E-state index in [0.717, 1.165) is 5.56 Å². The summed E-state index contributed by atoms with van der Waals surface area (Å²) >= 11 is 0. The molecule has 0 radical (unpaired) electrons. The first kappa shape index (κ1) is 11.0. The molecule has 0 heterocycles. The van der Waals surface area contributed by atoms with Gasteiger partial charge in [-0.3, -0.25) is 4.79 Å². The summed E-state index contributed by atoms with van der Waals surface area (Å²) in [6.07, 6.45) is -0.404. The van der Waals surface area contributed by atoms with Crippen LogP contribution in [0.2, 0.25) is 0 Å². The summed E-state index contributed by atoms with van der Waals surface area (Å²) in [7, 11) is 0. The van der Waals surface area contributed by atoms with Crippen molar-refractivity contribution >= 4 is 5.97 Å². The first-order valence-electron chi connectivity index (χ1n) is 5.30. The van der Waals surface area contributed by atoms with Crippen molar-refractivity contribution in [2.24, 2.45) is 5.92 Å². The maximum atomic E-state index is 11.6. The number of phenols is 1. The van der Waals surface area contributed by atoms with Crippen LogP contribution in [0.15, 0.2) is 18.2 Å². The molecule has 4 nitrogen and oxygen atoms in total. The molecule has 0 unspecified atom stereocenters. The molecule has 2 atom stereocenters. The second kappa shape index (κ2) is 4.14. The van der Waals surface area contributed by atoms with Gasteiger partial charge in [0, 0.05) is 0 Å². The highest BCUT2D eigenvalue weighted by molar-refractivity contribution is 5.75. The average Bonchev–Trinajstić information content (AvgIpc) is 2.56. The number of aromatic hydroxyl groups is 1. The molecule has 1 aromatic carbocycles. The van der Waals surface area contributed by atoms with Crippen molar-refractivity contribution in [1.82, 2.24) is 0 Å². The summed E-state index contributed by atoms with van der Waals surface area (Å²) < 4.78 is 4.90. The van der Waals surface area contributed by atoms with Gasteiger partial charge in [-0.25, -0.2) is 0 Å². The van der Waals surface area contributed by atoms with Gasteiger partial charge in [-0.15, -0.1) is 0 Å². The van der Waals surface area contributed by atoms with E-state index in [1.165, 1.54) is 6.07 Å². The zero-order chi connectivity index (χ0) is 11.7. The Kier molecular flexibility index (Phi) is 2.83. The number of aliphatic hydroxyl groups is 1. The van der Waals surface area contributed by atoms with Crippen LogP contribution in [-0.4, -0.2) is 22.8 Å². The van der Waals surface area contributed by atoms with Crippen LogP contribution in [0.25, 0.3) is 0 Å². The highest BCUT2D eigenvalue weighted by atomic mass is 16.5. The van der Waals surface area contributed by atoms with Crippen LogP contribution in [0.4, 0.5) is 0 Å². The number of fused-ring (bicyclic) bond motifs is 1. The van der Waals surface area contributed by atoms with E-state index in [9.17, 15) is 15.0 Å². The fourth-order valence-corrected chi connectivity index (χ4v) is 2.08. The Balaban J connectivity index is 2.23. The molecule has 0 aliphatic heterocycles. The number of benzene rings is 1. The molecule has 0 saturated heterocycles. The Bertz CT molecular complexity index is 413. The number of carbonyl (C=O) groups excluding carboxylic acids is 1. The molecule has 0 saturated carbocycles. The maximum absolute atomic E-state index is 11.6. The molecule has 2 N–H and O–H groups in total. The molecular formula is C12H14O4. The Morgan fingerprint density at radius 3 is 3.00 bits per heavy atom. The monoisotopic (exact) mass is 222 g/mol. The maximum Gasteiger partial charge on any atom is 0.312 e. The van der Waals surface area contributed by atoms with Gasteiger partial charge in [0.25, 0.3) is 0 Å². The van der Waals surface area contributed by atoms with Gasteiger partial charge in [-0.1, -0.05) is 6.07 Å². The highest BCUT2D eigenvalue weighted by Gasteiger charge is 2.37. The van der Waals surface area contributed by atoms with Crippen LogP contribution in [0.3, 0.4) is 0 Å². The van der Waals surface area contributed by atoms with E-state index in [4.69, 9.17) is 4.74 Å². The van der Waals surface area contributed by atoms with Gasteiger partial charge in [0.1, 0.15) is 5.75 Å². The standard InChI is InChI=1S/C12H14O4/c1-2-16-12(15)10-6-7-5-8(13)3-4-9(7)11(10)14/h3-5,10-11,13-14H,2,6H2,1H3/t10-,11-/m1/s1. The highest BCUT2D eigenvalue weighted by Crippen LogP contribution is 2.38. The Morgan fingerprint density at radius 2 is 2.31 bits per heavy atom. The summed E-state index contributed by atoms with van der Waals surface area (Å²) in [6.45, 7) is 2.04. The number of phenolic OH excluding ortho intramolecular Hbond substituents is 1. The Morgan fingerprint density at radius 1 is 1.56 bits per heavy atom. The van der Waals surface area contributed by atoms with Gasteiger partial charge in [-0.05, 0) is 36.6 Å². The van der Waals surface area contributed by atoms with Gasteiger partial charge < -0.3 is 14.9 Å². The number of hydrogen-bond donors (Lipinski definition) is 2. The average molecular weight is 222 g/mol. The van der Waals surface area contributed by atoms with Crippen molar-refractivity contribution in [2.75, 3.05) is 6.61 Å². The summed E-state index contributed by atoms with van der Waals surface area (Å²) in [5.41, 5.74) is 1.52. The minimum atomic E-state index is -0.824. The predicted octanol–water partition coefficient (Wildman–Crippen LogP) is 1.16. The molecule has 4 heteroatoms. The van der Waals surface area contributed by atoms with Gasteiger partial charge in [-0.2, -0.15) is 0 Å². The van der Waals surface area contributed by atoms with Crippen molar-refractivity contribution in [3.8, 4) is 5.75 Å². The van der Waals surface area contributed by atoms with Crippen molar-refractivity contribution in [1.29, 1.82) is 0 Å². The fraction of sp³-hybridized carbons (Fsp3) is 0.417. The van der Waals surface area contributed by atoms with Crippen LogP contribution in [0.1, 0.15) is 24.2 Å². The Hall–Kier alpha value is -1.55. The zero-order valence-electron chi connectivity index (χ0n) is 9.01. The minimum absolute atomic E-state index is 0.149. The van der Waals surface area contributed by atoms with Crippen molar-refractivity contribution in [3.05, 3.63) is 29.3 Å². The number of ether oxygens (including phenoxy) is 1. The van der Waals surface area contributed by atoms with E-state index in [-0.39, 0.29) is 11.7 Å². The van der Waals surface area contributed by atoms with E-state index >= 15 is 0 Å². The molecule has 0 amide bonds. The van der Waals surface area contributed by atoms with E-state index < -0.39 is 12.0 Å².